The van der Waals surface area contributed by atoms with E-state index in [9.17, 15) is 0 Å². The van der Waals surface area contributed by atoms with E-state index in [0.717, 1.165) is 16.9 Å². The minimum atomic E-state index is 0.508. The summed E-state index contributed by atoms with van der Waals surface area (Å²) in [4.78, 5) is 0. The van der Waals surface area contributed by atoms with E-state index in [2.05, 4.69) is 10.2 Å². The molecule has 0 radical (unpaired) electrons. The smallest absolute Gasteiger partial charge is 0.210 e. The molecule has 2 heterocycles. The number of thioether (sulfide) groups is 1. The number of hydrogen-bond donors (Lipinski definition) is 1. The minimum Gasteiger partial charge on any atom is -0.497 e. The zero-order chi connectivity index (χ0) is 19.5. The fraction of sp³-hybridized carbons (Fsp3) is 0.263. The summed E-state index contributed by atoms with van der Waals surface area (Å²) in [5.41, 5.74) is 2.08. The van der Waals surface area contributed by atoms with Crippen LogP contribution in [0.3, 0.4) is 0 Å². The zero-order valence-corrected chi connectivity index (χ0v) is 16.8. The van der Waals surface area contributed by atoms with Gasteiger partial charge in [-0.3, -0.25) is 0 Å². The first kappa shape index (κ1) is 18.8. The lowest BCUT2D eigenvalue weighted by Gasteiger charge is -2.20. The molecule has 4 rings (SSSR count). The fourth-order valence-electron chi connectivity index (χ4n) is 2.85. The van der Waals surface area contributed by atoms with Crippen LogP contribution >= 0.6 is 23.4 Å². The van der Waals surface area contributed by atoms with E-state index in [0.29, 0.717) is 52.9 Å². The monoisotopic (exact) mass is 418 g/mol. The molecule has 0 saturated heterocycles. The number of rotatable bonds is 6. The topological polar surface area (TPSA) is 84.4 Å². The van der Waals surface area contributed by atoms with E-state index in [1.165, 1.54) is 16.4 Å². The molecule has 0 fully saturated rings. The Labute approximate surface area is 171 Å². The van der Waals surface area contributed by atoms with Gasteiger partial charge in [0.2, 0.25) is 5.16 Å². The summed E-state index contributed by atoms with van der Waals surface area (Å²) in [5, 5.41) is 9.60. The molecule has 2 aromatic carbocycles. The second-order valence-electron chi connectivity index (χ2n) is 6.18. The van der Waals surface area contributed by atoms with Gasteiger partial charge >= 0.3 is 0 Å². The van der Waals surface area contributed by atoms with Crippen LogP contribution in [-0.4, -0.2) is 35.2 Å². The Kier molecular flexibility index (Phi) is 5.50. The normalized spacial score (nSPS) is 12.8. The number of nitrogens with zero attached hydrogens (tertiary/aromatic N) is 3. The van der Waals surface area contributed by atoms with Gasteiger partial charge in [0, 0.05) is 12.2 Å². The Morgan fingerprint density at radius 3 is 2.71 bits per heavy atom. The van der Waals surface area contributed by atoms with Crippen LogP contribution in [0.5, 0.6) is 17.2 Å². The number of fused-ring (bicyclic) bond motifs is 1. The highest BCUT2D eigenvalue weighted by atomic mass is 35.5. The Morgan fingerprint density at radius 2 is 1.93 bits per heavy atom. The van der Waals surface area contributed by atoms with Crippen LogP contribution in [0.1, 0.15) is 17.0 Å². The van der Waals surface area contributed by atoms with Gasteiger partial charge in [-0.2, -0.15) is 0 Å². The largest absolute Gasteiger partial charge is 0.497 e. The summed E-state index contributed by atoms with van der Waals surface area (Å²) in [6.45, 7) is 1.03. The minimum absolute atomic E-state index is 0.508. The third-order valence-electron chi connectivity index (χ3n) is 4.28. The maximum absolute atomic E-state index is 6.30. The Morgan fingerprint density at radius 1 is 1.14 bits per heavy atom. The van der Waals surface area contributed by atoms with Crippen molar-refractivity contribution in [3.8, 4) is 17.2 Å². The van der Waals surface area contributed by atoms with E-state index >= 15 is 0 Å². The molecule has 9 heteroatoms. The van der Waals surface area contributed by atoms with Crippen molar-refractivity contribution < 1.29 is 14.2 Å². The highest BCUT2D eigenvalue weighted by Gasteiger charge is 2.17. The molecule has 146 valence electrons. The number of nitrogen functional groups attached to an aromatic ring is 1. The van der Waals surface area contributed by atoms with Gasteiger partial charge in [0.15, 0.2) is 17.3 Å². The van der Waals surface area contributed by atoms with Gasteiger partial charge in [0.05, 0.1) is 12.1 Å². The molecular weight excluding hydrogens is 400 g/mol. The number of ether oxygens (including phenoxy) is 3. The number of methoxy groups -OCH3 is 1. The van der Waals surface area contributed by atoms with Gasteiger partial charge in [-0.25, -0.2) is 4.68 Å². The Hall–Kier alpha value is -2.58. The van der Waals surface area contributed by atoms with E-state index in [1.54, 1.807) is 7.11 Å². The van der Waals surface area contributed by atoms with Crippen molar-refractivity contribution in [3.05, 3.63) is 58.4 Å². The second-order valence-corrected chi connectivity index (χ2v) is 7.53. The molecule has 28 heavy (non-hydrogen) atoms. The van der Waals surface area contributed by atoms with E-state index in [-0.39, 0.29) is 0 Å². The van der Waals surface area contributed by atoms with Gasteiger partial charge in [0.1, 0.15) is 19.0 Å². The zero-order valence-electron chi connectivity index (χ0n) is 15.2. The molecule has 0 atom stereocenters. The lowest BCUT2D eigenvalue weighted by molar-refractivity contribution is 0.171. The predicted octanol–water partition coefficient (Wildman–Crippen LogP) is 3.31. The first-order valence-electron chi connectivity index (χ1n) is 8.67. The van der Waals surface area contributed by atoms with Gasteiger partial charge in [-0.15, -0.1) is 10.2 Å². The van der Waals surface area contributed by atoms with Gasteiger partial charge in [-0.1, -0.05) is 35.5 Å². The summed E-state index contributed by atoms with van der Waals surface area (Å²) in [6.07, 6.45) is 0.587. The van der Waals surface area contributed by atoms with Crippen molar-refractivity contribution in [3.63, 3.8) is 0 Å². The van der Waals surface area contributed by atoms with Gasteiger partial charge < -0.3 is 20.1 Å². The molecule has 1 aromatic heterocycles. The summed E-state index contributed by atoms with van der Waals surface area (Å²) in [5.74, 6) is 9.59. The molecule has 2 N–H and O–H groups in total. The van der Waals surface area contributed by atoms with E-state index in [4.69, 9.17) is 31.7 Å². The molecule has 1 aliphatic rings. The van der Waals surface area contributed by atoms with Crippen LogP contribution < -0.4 is 20.1 Å². The predicted molar refractivity (Wildman–Crippen MR) is 108 cm³/mol. The summed E-state index contributed by atoms with van der Waals surface area (Å²) in [7, 11) is 1.64. The second kappa shape index (κ2) is 8.20. The lowest BCUT2D eigenvalue weighted by atomic mass is 10.1. The van der Waals surface area contributed by atoms with Crippen LogP contribution in [0.25, 0.3) is 0 Å². The van der Waals surface area contributed by atoms with Crippen molar-refractivity contribution in [2.45, 2.75) is 17.3 Å². The van der Waals surface area contributed by atoms with Gasteiger partial charge in [0.25, 0.3) is 0 Å². The fourth-order valence-corrected chi connectivity index (χ4v) is 3.94. The van der Waals surface area contributed by atoms with Crippen molar-refractivity contribution >= 4 is 23.4 Å². The van der Waals surface area contributed by atoms with Crippen molar-refractivity contribution in [2.24, 2.45) is 0 Å². The number of halogens is 1. The first-order chi connectivity index (χ1) is 13.6. The van der Waals surface area contributed by atoms with Crippen molar-refractivity contribution in [1.82, 2.24) is 14.9 Å². The molecule has 0 amide bonds. The standard InChI is InChI=1S/C19H19ClN4O3S/c1-25-14-4-2-12(3-5-14)10-17-22-23-19(24(17)21)28-11-13-8-15(20)18-16(9-13)26-6-7-27-18/h2-5,8-9H,6-7,10-11,21H2,1H3. The highest BCUT2D eigenvalue weighted by Crippen LogP contribution is 2.39. The Balaban J connectivity index is 1.44. The molecule has 1 aliphatic heterocycles. The van der Waals surface area contributed by atoms with Crippen LogP contribution in [0, 0.1) is 0 Å². The number of nitrogens with two attached hydrogens (primary N) is 1. The molecule has 0 bridgehead atoms. The van der Waals surface area contributed by atoms with Crippen LogP contribution in [0.2, 0.25) is 5.02 Å². The van der Waals surface area contributed by atoms with E-state index < -0.39 is 0 Å². The summed E-state index contributed by atoms with van der Waals surface area (Å²) in [6, 6.07) is 11.6. The number of benzene rings is 2. The summed E-state index contributed by atoms with van der Waals surface area (Å²) < 4.78 is 17.9. The average Bonchev–Trinajstić information content (AvgIpc) is 3.06. The third kappa shape index (κ3) is 3.98. The molecule has 0 saturated carbocycles. The molecule has 7 nitrogen and oxygen atoms in total. The third-order valence-corrected chi connectivity index (χ3v) is 5.58. The number of aromatic nitrogens is 3. The quantitative estimate of drug-likeness (QED) is 0.485. The first-order valence-corrected chi connectivity index (χ1v) is 10.0. The average molecular weight is 419 g/mol. The SMILES string of the molecule is COc1ccc(Cc2nnc(SCc3cc(Cl)c4c(c3)OCCO4)n2N)cc1. The van der Waals surface area contributed by atoms with Crippen molar-refractivity contribution in [1.29, 1.82) is 0 Å². The maximum Gasteiger partial charge on any atom is 0.210 e. The molecular formula is C19H19ClN4O3S. The van der Waals surface area contributed by atoms with Crippen LogP contribution in [-0.2, 0) is 12.2 Å². The van der Waals surface area contributed by atoms with Crippen LogP contribution in [0.4, 0.5) is 0 Å². The summed E-state index contributed by atoms with van der Waals surface area (Å²) >= 11 is 7.78. The Bertz CT molecular complexity index is 978. The maximum atomic E-state index is 6.30. The molecule has 0 spiro atoms. The van der Waals surface area contributed by atoms with E-state index in [1.807, 2.05) is 36.4 Å². The van der Waals surface area contributed by atoms with Crippen LogP contribution in [0.15, 0.2) is 41.6 Å². The highest BCUT2D eigenvalue weighted by molar-refractivity contribution is 7.98. The molecule has 0 unspecified atom stereocenters. The molecule has 3 aromatic rings. The molecule has 0 aliphatic carbocycles. The van der Waals surface area contributed by atoms with Gasteiger partial charge in [-0.05, 0) is 35.4 Å². The lowest BCUT2D eigenvalue weighted by Crippen LogP contribution is -2.16. The van der Waals surface area contributed by atoms with Crippen molar-refractivity contribution in [2.75, 3.05) is 26.2 Å². The number of hydrogen-bond acceptors (Lipinski definition) is 7.